The highest BCUT2D eigenvalue weighted by atomic mass is 16.5. The van der Waals surface area contributed by atoms with Crippen molar-refractivity contribution in [3.63, 3.8) is 0 Å². The van der Waals surface area contributed by atoms with Gasteiger partial charge in [-0.05, 0) is 60.8 Å². The zero-order valence-electron chi connectivity index (χ0n) is 21.4. The largest absolute Gasteiger partial charge is 0.462 e. The van der Waals surface area contributed by atoms with Crippen molar-refractivity contribution < 1.29 is 19.0 Å². The summed E-state index contributed by atoms with van der Waals surface area (Å²) < 4.78 is 18.6. The molecular formula is C33H36O4. The summed E-state index contributed by atoms with van der Waals surface area (Å²) in [5.74, 6) is -0.0772. The second-order valence-electron chi connectivity index (χ2n) is 10.1. The molecule has 2 fully saturated rings. The van der Waals surface area contributed by atoms with Crippen LogP contribution in [0.25, 0.3) is 0 Å². The SMILES string of the molecule is C=C1C[C@H](CCCOC(c2ccccc2)(c2ccccc2)c2ccccc2)O[C@H]1CC[C@@H]1CCC(=O)O1. The Morgan fingerprint density at radius 3 is 1.86 bits per heavy atom. The third-order valence-corrected chi connectivity index (χ3v) is 7.55. The second kappa shape index (κ2) is 11.9. The molecule has 3 aromatic carbocycles. The fourth-order valence-electron chi connectivity index (χ4n) is 5.67. The molecule has 0 aliphatic carbocycles. The number of hydrogen-bond acceptors (Lipinski definition) is 4. The molecule has 192 valence electrons. The molecule has 3 aromatic rings. The summed E-state index contributed by atoms with van der Waals surface area (Å²) in [7, 11) is 0. The molecule has 4 nitrogen and oxygen atoms in total. The molecule has 0 unspecified atom stereocenters. The van der Waals surface area contributed by atoms with E-state index in [-0.39, 0.29) is 24.3 Å². The number of hydrogen-bond donors (Lipinski definition) is 0. The first-order chi connectivity index (χ1) is 18.1. The highest BCUT2D eigenvalue weighted by Gasteiger charge is 2.37. The summed E-state index contributed by atoms with van der Waals surface area (Å²) in [6, 6.07) is 31.5. The first kappa shape index (κ1) is 25.4. The van der Waals surface area contributed by atoms with E-state index in [4.69, 9.17) is 14.2 Å². The number of benzene rings is 3. The summed E-state index contributed by atoms with van der Waals surface area (Å²) in [5, 5.41) is 0. The maximum Gasteiger partial charge on any atom is 0.306 e. The normalized spacial score (nSPS) is 21.8. The molecule has 0 radical (unpaired) electrons. The summed E-state index contributed by atoms with van der Waals surface area (Å²) in [4.78, 5) is 11.4. The zero-order chi connectivity index (χ0) is 25.5. The van der Waals surface area contributed by atoms with Crippen molar-refractivity contribution in [3.8, 4) is 0 Å². The summed E-state index contributed by atoms with van der Waals surface area (Å²) in [5.41, 5.74) is 3.81. The molecule has 2 aliphatic rings. The van der Waals surface area contributed by atoms with E-state index < -0.39 is 5.60 Å². The number of rotatable bonds is 11. The van der Waals surface area contributed by atoms with Gasteiger partial charge in [-0.2, -0.15) is 0 Å². The van der Waals surface area contributed by atoms with E-state index in [0.29, 0.717) is 13.0 Å². The van der Waals surface area contributed by atoms with Gasteiger partial charge in [0.25, 0.3) is 0 Å². The predicted octanol–water partition coefficient (Wildman–Crippen LogP) is 6.97. The topological polar surface area (TPSA) is 44.8 Å². The molecule has 2 heterocycles. The maximum absolute atomic E-state index is 11.4. The molecule has 0 aromatic heterocycles. The van der Waals surface area contributed by atoms with Crippen LogP contribution in [-0.4, -0.2) is 30.9 Å². The molecule has 0 spiro atoms. The van der Waals surface area contributed by atoms with Crippen LogP contribution in [0.2, 0.25) is 0 Å². The molecule has 0 N–H and O–H groups in total. The van der Waals surface area contributed by atoms with Crippen LogP contribution >= 0.6 is 0 Å². The van der Waals surface area contributed by atoms with Gasteiger partial charge in [0.1, 0.15) is 11.7 Å². The quantitative estimate of drug-likeness (QED) is 0.124. The number of ether oxygens (including phenoxy) is 3. The predicted molar refractivity (Wildman–Crippen MR) is 145 cm³/mol. The summed E-state index contributed by atoms with van der Waals surface area (Å²) in [6.45, 7) is 4.87. The smallest absolute Gasteiger partial charge is 0.306 e. The first-order valence-corrected chi connectivity index (χ1v) is 13.5. The van der Waals surface area contributed by atoms with E-state index in [1.54, 1.807) is 0 Å². The van der Waals surface area contributed by atoms with Crippen molar-refractivity contribution in [2.75, 3.05) is 6.61 Å². The molecular weight excluding hydrogens is 460 g/mol. The van der Waals surface area contributed by atoms with Gasteiger partial charge in [0.15, 0.2) is 0 Å². The Hall–Kier alpha value is -3.21. The highest BCUT2D eigenvalue weighted by Crippen LogP contribution is 2.41. The molecule has 3 atom stereocenters. The Balaban J connectivity index is 1.24. The summed E-state index contributed by atoms with van der Waals surface area (Å²) >= 11 is 0. The Morgan fingerprint density at radius 1 is 0.784 bits per heavy atom. The minimum atomic E-state index is -0.689. The second-order valence-corrected chi connectivity index (χ2v) is 10.1. The van der Waals surface area contributed by atoms with Gasteiger partial charge in [-0.15, -0.1) is 0 Å². The lowest BCUT2D eigenvalue weighted by molar-refractivity contribution is -0.141. The van der Waals surface area contributed by atoms with E-state index in [1.165, 1.54) is 0 Å². The first-order valence-electron chi connectivity index (χ1n) is 13.5. The monoisotopic (exact) mass is 496 g/mol. The fourth-order valence-corrected chi connectivity index (χ4v) is 5.67. The third kappa shape index (κ3) is 5.87. The molecule has 4 heteroatoms. The van der Waals surface area contributed by atoms with Gasteiger partial charge in [0, 0.05) is 13.0 Å². The van der Waals surface area contributed by atoms with Gasteiger partial charge in [0.05, 0.1) is 12.2 Å². The van der Waals surface area contributed by atoms with Crippen LogP contribution < -0.4 is 0 Å². The highest BCUT2D eigenvalue weighted by molar-refractivity contribution is 5.71. The van der Waals surface area contributed by atoms with Crippen LogP contribution in [0.1, 0.15) is 61.6 Å². The third-order valence-electron chi connectivity index (χ3n) is 7.55. The van der Waals surface area contributed by atoms with Crippen molar-refractivity contribution in [2.45, 2.75) is 68.9 Å². The van der Waals surface area contributed by atoms with E-state index >= 15 is 0 Å². The van der Waals surface area contributed by atoms with Crippen molar-refractivity contribution in [1.82, 2.24) is 0 Å². The van der Waals surface area contributed by atoms with Gasteiger partial charge in [-0.1, -0.05) is 97.6 Å². The molecule has 2 saturated heterocycles. The molecule has 37 heavy (non-hydrogen) atoms. The van der Waals surface area contributed by atoms with Crippen LogP contribution in [0.15, 0.2) is 103 Å². The Kier molecular flexibility index (Phi) is 8.18. The van der Waals surface area contributed by atoms with Crippen LogP contribution in [0.4, 0.5) is 0 Å². The average molecular weight is 497 g/mol. The molecule has 0 amide bonds. The van der Waals surface area contributed by atoms with Crippen molar-refractivity contribution >= 4 is 5.97 Å². The van der Waals surface area contributed by atoms with Gasteiger partial charge in [-0.3, -0.25) is 4.79 Å². The number of cyclic esters (lactones) is 1. The average Bonchev–Trinajstić information content (AvgIpc) is 3.53. The lowest BCUT2D eigenvalue weighted by Crippen LogP contribution is -2.33. The van der Waals surface area contributed by atoms with Crippen molar-refractivity contribution in [1.29, 1.82) is 0 Å². The van der Waals surface area contributed by atoms with E-state index in [1.807, 2.05) is 18.2 Å². The molecule has 5 rings (SSSR count). The Morgan fingerprint density at radius 2 is 1.35 bits per heavy atom. The van der Waals surface area contributed by atoms with Gasteiger partial charge >= 0.3 is 5.97 Å². The van der Waals surface area contributed by atoms with E-state index in [9.17, 15) is 4.79 Å². The Labute approximate surface area is 220 Å². The van der Waals surface area contributed by atoms with E-state index in [0.717, 1.165) is 60.8 Å². The molecule has 2 aliphatic heterocycles. The fraction of sp³-hybridized carbons (Fsp3) is 0.364. The Bertz CT molecular complexity index is 1060. The van der Waals surface area contributed by atoms with Gasteiger partial charge < -0.3 is 14.2 Å². The van der Waals surface area contributed by atoms with Gasteiger partial charge in [-0.25, -0.2) is 0 Å². The van der Waals surface area contributed by atoms with E-state index in [2.05, 4.69) is 79.4 Å². The van der Waals surface area contributed by atoms with Crippen LogP contribution in [0.3, 0.4) is 0 Å². The molecule has 0 bridgehead atoms. The standard InChI is InChI=1S/C33H36O4/c1-25-24-30(36-31(25)21-19-29-20-22-32(34)37-29)18-11-23-35-33(26-12-5-2-6-13-26,27-14-7-3-8-15-27)28-16-9-4-10-17-28/h2-10,12-17,29-31H,1,11,18-24H2/t29-,30+,31+/m1/s1. The number of carbonyl (C=O) groups is 1. The van der Waals surface area contributed by atoms with Crippen LogP contribution in [-0.2, 0) is 24.6 Å². The molecule has 0 saturated carbocycles. The lowest BCUT2D eigenvalue weighted by Gasteiger charge is -2.36. The number of carbonyl (C=O) groups excluding carboxylic acids is 1. The number of esters is 1. The minimum absolute atomic E-state index is 0.0402. The van der Waals surface area contributed by atoms with Crippen LogP contribution in [0.5, 0.6) is 0 Å². The van der Waals surface area contributed by atoms with Gasteiger partial charge in [0.2, 0.25) is 0 Å². The summed E-state index contributed by atoms with van der Waals surface area (Å²) in [6.07, 6.45) is 6.02. The lowest BCUT2D eigenvalue weighted by atomic mass is 9.80. The van der Waals surface area contributed by atoms with Crippen molar-refractivity contribution in [3.05, 3.63) is 120 Å². The minimum Gasteiger partial charge on any atom is -0.462 e. The van der Waals surface area contributed by atoms with Crippen molar-refractivity contribution in [2.24, 2.45) is 0 Å². The van der Waals surface area contributed by atoms with Crippen LogP contribution in [0, 0.1) is 0 Å². The maximum atomic E-state index is 11.4. The zero-order valence-corrected chi connectivity index (χ0v) is 21.4.